The van der Waals surface area contributed by atoms with Gasteiger partial charge in [0.25, 0.3) is 0 Å². The number of hydrogen-bond acceptors (Lipinski definition) is 0. The van der Waals surface area contributed by atoms with Gasteiger partial charge in [-0.15, -0.1) is 0 Å². The number of halogens is 2. The van der Waals surface area contributed by atoms with Crippen molar-refractivity contribution in [1.82, 2.24) is 0 Å². The Kier molecular flexibility index (Phi) is 2.83. The third-order valence-electron chi connectivity index (χ3n) is 1.46. The molecule has 0 atom stereocenters. The van der Waals surface area contributed by atoms with Gasteiger partial charge in [-0.05, 0) is 35.2 Å². The van der Waals surface area contributed by atoms with Gasteiger partial charge in [0.2, 0.25) is 0 Å². The van der Waals surface area contributed by atoms with Crippen LogP contribution in [0.25, 0.3) is 5.57 Å². The Balaban J connectivity index is 2.99. The van der Waals surface area contributed by atoms with Crippen molar-refractivity contribution in [3.05, 3.63) is 40.6 Å². The van der Waals surface area contributed by atoms with Crippen LogP contribution < -0.4 is 0 Å². The highest BCUT2D eigenvalue weighted by Crippen LogP contribution is 2.14. The molecular weight excluding hydrogens is 207 g/mol. The topological polar surface area (TPSA) is 0 Å². The van der Waals surface area contributed by atoms with E-state index in [-0.39, 0.29) is 5.82 Å². The Labute approximate surface area is 73.9 Å². The summed E-state index contributed by atoms with van der Waals surface area (Å²) in [4.78, 5) is 1.82. The van der Waals surface area contributed by atoms with E-state index in [2.05, 4.69) is 15.9 Å². The fourth-order valence-corrected chi connectivity index (χ4v) is 1.04. The zero-order chi connectivity index (χ0) is 8.27. The van der Waals surface area contributed by atoms with Gasteiger partial charge in [-0.25, -0.2) is 4.39 Å². The Morgan fingerprint density at radius 3 is 2.36 bits per heavy atom. The van der Waals surface area contributed by atoms with Crippen LogP contribution in [0.4, 0.5) is 4.39 Å². The van der Waals surface area contributed by atoms with Crippen LogP contribution in [0.2, 0.25) is 0 Å². The molecule has 0 aliphatic rings. The van der Waals surface area contributed by atoms with Gasteiger partial charge in [0, 0.05) is 0 Å². The second-order valence-corrected chi connectivity index (χ2v) is 2.76. The molecule has 0 N–H and O–H groups in total. The Morgan fingerprint density at radius 1 is 1.36 bits per heavy atom. The van der Waals surface area contributed by atoms with E-state index in [1.54, 1.807) is 12.1 Å². The summed E-state index contributed by atoms with van der Waals surface area (Å²) in [5.74, 6) is -0.198. The maximum absolute atomic E-state index is 12.4. The summed E-state index contributed by atoms with van der Waals surface area (Å²) in [6.45, 7) is 1.96. The van der Waals surface area contributed by atoms with E-state index in [1.807, 2.05) is 11.9 Å². The van der Waals surface area contributed by atoms with Gasteiger partial charge in [-0.1, -0.05) is 28.1 Å². The molecule has 0 aliphatic heterocycles. The second-order valence-electron chi connectivity index (χ2n) is 2.30. The number of rotatable bonds is 1. The van der Waals surface area contributed by atoms with Crippen LogP contribution in [0.3, 0.4) is 0 Å². The van der Waals surface area contributed by atoms with E-state index >= 15 is 0 Å². The predicted octanol–water partition coefficient (Wildman–Crippen LogP) is 3.58. The van der Waals surface area contributed by atoms with Crippen molar-refractivity contribution in [3.63, 3.8) is 0 Å². The molecule has 1 aromatic carbocycles. The van der Waals surface area contributed by atoms with Crippen LogP contribution in [-0.4, -0.2) is 0 Å². The average Bonchev–Trinajstić information content (AvgIpc) is 2.05. The van der Waals surface area contributed by atoms with Gasteiger partial charge < -0.3 is 0 Å². The highest BCUT2D eigenvalue weighted by Gasteiger charge is 1.93. The van der Waals surface area contributed by atoms with E-state index in [9.17, 15) is 4.39 Å². The monoisotopic (exact) mass is 214 g/mol. The molecule has 1 aromatic rings. The smallest absolute Gasteiger partial charge is 0.123 e. The molecule has 0 saturated heterocycles. The molecule has 0 fully saturated rings. The lowest BCUT2D eigenvalue weighted by molar-refractivity contribution is 0.627. The van der Waals surface area contributed by atoms with Crippen LogP contribution in [-0.2, 0) is 0 Å². The van der Waals surface area contributed by atoms with Gasteiger partial charge in [-0.2, -0.15) is 0 Å². The molecular formula is C9H8BrF. The molecule has 0 bridgehead atoms. The van der Waals surface area contributed by atoms with E-state index < -0.39 is 0 Å². The molecule has 1 rings (SSSR count). The van der Waals surface area contributed by atoms with Crippen LogP contribution in [0.5, 0.6) is 0 Å². The van der Waals surface area contributed by atoms with Crippen LogP contribution in [0, 0.1) is 5.82 Å². The zero-order valence-corrected chi connectivity index (χ0v) is 7.73. The van der Waals surface area contributed by atoms with E-state index in [0.29, 0.717) is 0 Å². The molecule has 0 nitrogen and oxygen atoms in total. The zero-order valence-electron chi connectivity index (χ0n) is 6.14. The molecule has 0 aromatic heterocycles. The number of hydrogen-bond donors (Lipinski definition) is 0. The summed E-state index contributed by atoms with van der Waals surface area (Å²) >= 11 is 3.21. The first kappa shape index (κ1) is 8.47. The minimum absolute atomic E-state index is 0.198. The van der Waals surface area contributed by atoms with Crippen molar-refractivity contribution >= 4 is 21.5 Å². The molecule has 0 aliphatic carbocycles. The summed E-state index contributed by atoms with van der Waals surface area (Å²) < 4.78 is 12.4. The van der Waals surface area contributed by atoms with E-state index in [4.69, 9.17) is 0 Å². The molecule has 58 valence electrons. The third kappa shape index (κ3) is 2.15. The molecule has 0 saturated carbocycles. The average molecular weight is 215 g/mol. The first-order valence-electron chi connectivity index (χ1n) is 3.27. The van der Waals surface area contributed by atoms with Crippen LogP contribution >= 0.6 is 15.9 Å². The first-order chi connectivity index (χ1) is 5.24. The molecule has 0 amide bonds. The number of benzene rings is 1. The van der Waals surface area contributed by atoms with Crippen molar-refractivity contribution in [2.24, 2.45) is 0 Å². The van der Waals surface area contributed by atoms with Crippen LogP contribution in [0.1, 0.15) is 12.5 Å². The van der Waals surface area contributed by atoms with Crippen LogP contribution in [0.15, 0.2) is 29.3 Å². The molecule has 0 spiro atoms. The normalized spacial score (nSPS) is 11.7. The van der Waals surface area contributed by atoms with Gasteiger partial charge in [-0.3, -0.25) is 0 Å². The highest BCUT2D eigenvalue weighted by molar-refractivity contribution is 9.11. The molecule has 2 heteroatoms. The Morgan fingerprint density at radius 2 is 1.91 bits per heavy atom. The second kappa shape index (κ2) is 3.67. The van der Waals surface area contributed by atoms with Crippen molar-refractivity contribution in [2.45, 2.75) is 6.92 Å². The summed E-state index contributed by atoms with van der Waals surface area (Å²) in [6.07, 6.45) is 0. The standard InChI is InChI=1S/C9H8BrF/c1-7(6-10)8-2-4-9(11)5-3-8/h2-6H,1H3/b7-6+. The molecule has 0 unspecified atom stereocenters. The fraction of sp³-hybridized carbons (Fsp3) is 0.111. The van der Waals surface area contributed by atoms with E-state index in [1.165, 1.54) is 12.1 Å². The summed E-state index contributed by atoms with van der Waals surface area (Å²) in [5, 5.41) is 0. The van der Waals surface area contributed by atoms with Crippen molar-refractivity contribution in [1.29, 1.82) is 0 Å². The SMILES string of the molecule is C/C(=C\Br)c1ccc(F)cc1. The lowest BCUT2D eigenvalue weighted by Crippen LogP contribution is -1.78. The first-order valence-corrected chi connectivity index (χ1v) is 4.18. The van der Waals surface area contributed by atoms with Gasteiger partial charge >= 0.3 is 0 Å². The minimum atomic E-state index is -0.198. The lowest BCUT2D eigenvalue weighted by atomic mass is 10.1. The fourth-order valence-electron chi connectivity index (χ4n) is 0.776. The van der Waals surface area contributed by atoms with Crippen molar-refractivity contribution in [3.8, 4) is 0 Å². The molecule has 11 heavy (non-hydrogen) atoms. The summed E-state index contributed by atoms with van der Waals surface area (Å²) in [6, 6.07) is 6.41. The summed E-state index contributed by atoms with van der Waals surface area (Å²) in [7, 11) is 0. The minimum Gasteiger partial charge on any atom is -0.207 e. The summed E-state index contributed by atoms with van der Waals surface area (Å²) in [5.41, 5.74) is 2.12. The van der Waals surface area contributed by atoms with Crippen molar-refractivity contribution < 1.29 is 4.39 Å². The Hall–Kier alpha value is -0.630. The molecule has 0 radical (unpaired) electrons. The van der Waals surface area contributed by atoms with Gasteiger partial charge in [0.05, 0.1) is 0 Å². The quantitative estimate of drug-likeness (QED) is 0.671. The van der Waals surface area contributed by atoms with Crippen molar-refractivity contribution in [2.75, 3.05) is 0 Å². The molecule has 0 heterocycles. The lowest BCUT2D eigenvalue weighted by Gasteiger charge is -1.97. The van der Waals surface area contributed by atoms with E-state index in [0.717, 1.165) is 11.1 Å². The Bertz CT molecular complexity index is 261. The largest absolute Gasteiger partial charge is 0.207 e. The predicted molar refractivity (Wildman–Crippen MR) is 49.0 cm³/mol. The number of allylic oxidation sites excluding steroid dienone is 1. The maximum Gasteiger partial charge on any atom is 0.123 e. The highest BCUT2D eigenvalue weighted by atomic mass is 79.9. The van der Waals surface area contributed by atoms with Gasteiger partial charge in [0.15, 0.2) is 0 Å². The van der Waals surface area contributed by atoms with Gasteiger partial charge in [0.1, 0.15) is 5.82 Å². The third-order valence-corrected chi connectivity index (χ3v) is 2.15. The maximum atomic E-state index is 12.4.